The van der Waals surface area contributed by atoms with Gasteiger partial charge in [-0.05, 0) is 37.1 Å². The van der Waals surface area contributed by atoms with Crippen LogP contribution in [0, 0.1) is 12.7 Å². The van der Waals surface area contributed by atoms with Crippen molar-refractivity contribution < 1.29 is 32.9 Å². The highest BCUT2D eigenvalue weighted by Gasteiger charge is 2.41. The van der Waals surface area contributed by atoms with Crippen LogP contribution in [0.15, 0.2) is 30.5 Å². The van der Waals surface area contributed by atoms with E-state index in [1.807, 2.05) is 0 Å². The van der Waals surface area contributed by atoms with Gasteiger partial charge in [0.25, 0.3) is 12.3 Å². The number of hydrogen-bond donors (Lipinski definition) is 2. The van der Waals surface area contributed by atoms with Crippen molar-refractivity contribution in [1.82, 2.24) is 9.88 Å². The number of pyridine rings is 1. The molecule has 0 unspecified atom stereocenters. The molecule has 2 heterocycles. The quantitative estimate of drug-likeness (QED) is 0.795. The summed E-state index contributed by atoms with van der Waals surface area (Å²) in [6.45, 7) is 1.74. The summed E-state index contributed by atoms with van der Waals surface area (Å²) in [5, 5.41) is 21.2. The molecule has 144 valence electrons. The number of aromatic nitrogens is 1. The second-order valence-electron chi connectivity index (χ2n) is 6.15. The number of aryl methyl sites for hydroxylation is 1. The molecule has 0 bridgehead atoms. The number of rotatable bonds is 4. The zero-order valence-corrected chi connectivity index (χ0v) is 14.3. The topological polar surface area (TPSA) is 82.9 Å². The third kappa shape index (κ3) is 3.60. The molecular weight excluding hydrogens is 365 g/mol. The van der Waals surface area contributed by atoms with Gasteiger partial charge in [0, 0.05) is 24.0 Å². The molecule has 1 aromatic carbocycles. The van der Waals surface area contributed by atoms with Crippen molar-refractivity contribution in [2.45, 2.75) is 25.7 Å². The van der Waals surface area contributed by atoms with Crippen molar-refractivity contribution in [3.63, 3.8) is 0 Å². The molecule has 1 aromatic heterocycles. The van der Waals surface area contributed by atoms with Crippen LogP contribution in [0.1, 0.15) is 29.7 Å². The number of ether oxygens (including phenoxy) is 1. The molecule has 0 atom stereocenters. The molecule has 1 fully saturated rings. The van der Waals surface area contributed by atoms with Crippen LogP contribution in [-0.2, 0) is 10.6 Å². The smallest absolute Gasteiger partial charge is 0.414 e. The minimum absolute atomic E-state index is 0.0571. The molecule has 27 heavy (non-hydrogen) atoms. The first-order chi connectivity index (χ1) is 12.7. The van der Waals surface area contributed by atoms with Gasteiger partial charge >= 0.3 is 6.09 Å². The number of halogens is 3. The zero-order valence-electron chi connectivity index (χ0n) is 14.3. The first-order valence-electron chi connectivity index (χ1n) is 8.16. The average Bonchev–Trinajstić information content (AvgIpc) is 2.62. The maximum Gasteiger partial charge on any atom is 0.414 e. The summed E-state index contributed by atoms with van der Waals surface area (Å²) < 4.78 is 44.2. The Labute approximate surface area is 152 Å². The summed E-state index contributed by atoms with van der Waals surface area (Å²) in [5.41, 5.74) is -0.179. The van der Waals surface area contributed by atoms with E-state index in [1.165, 1.54) is 25.3 Å². The maximum absolute atomic E-state index is 13.5. The molecule has 3 rings (SSSR count). The number of nitrogens with zero attached hydrogens (tertiary/aromatic N) is 2. The number of benzene rings is 1. The second kappa shape index (κ2) is 7.16. The number of cyclic esters (lactones) is 1. The SMILES string of the molecule is Cc1ncc(-c2ccc(F)c(C(F)F)c2)cc1C(O)(O)N1CCCOC1=O. The summed E-state index contributed by atoms with van der Waals surface area (Å²) in [4.78, 5) is 16.7. The Morgan fingerprint density at radius 1 is 1.26 bits per heavy atom. The minimum atomic E-state index is -3.00. The lowest BCUT2D eigenvalue weighted by Gasteiger charge is -2.37. The zero-order chi connectivity index (χ0) is 19.8. The van der Waals surface area contributed by atoms with Gasteiger partial charge in [0.1, 0.15) is 5.82 Å². The van der Waals surface area contributed by atoms with Crippen LogP contribution < -0.4 is 0 Å². The molecule has 0 aliphatic carbocycles. The predicted octanol–water partition coefficient (Wildman–Crippen LogP) is 3.07. The fraction of sp³-hybridized carbons (Fsp3) is 0.333. The van der Waals surface area contributed by atoms with Crippen LogP contribution in [-0.4, -0.2) is 39.3 Å². The summed E-state index contributed by atoms with van der Waals surface area (Å²) in [7, 11) is 0. The van der Waals surface area contributed by atoms with Gasteiger partial charge in [-0.2, -0.15) is 0 Å². The third-order valence-electron chi connectivity index (χ3n) is 4.36. The van der Waals surface area contributed by atoms with Crippen LogP contribution in [0.4, 0.5) is 18.0 Å². The molecule has 1 aliphatic rings. The van der Waals surface area contributed by atoms with Gasteiger partial charge in [0.15, 0.2) is 0 Å². The van der Waals surface area contributed by atoms with Crippen molar-refractivity contribution >= 4 is 6.09 Å². The van der Waals surface area contributed by atoms with E-state index < -0.39 is 29.8 Å². The lowest BCUT2D eigenvalue weighted by molar-refractivity contribution is -0.266. The highest BCUT2D eigenvalue weighted by atomic mass is 19.3. The summed E-state index contributed by atoms with van der Waals surface area (Å²) in [5.74, 6) is -3.74. The van der Waals surface area contributed by atoms with E-state index in [0.717, 1.165) is 17.0 Å². The normalized spacial score (nSPS) is 15.2. The molecular formula is C18H17F3N2O4. The van der Waals surface area contributed by atoms with Crippen molar-refractivity contribution in [3.05, 3.63) is 53.1 Å². The van der Waals surface area contributed by atoms with Gasteiger partial charge in [-0.25, -0.2) is 18.0 Å². The molecule has 0 saturated carbocycles. The molecule has 9 heteroatoms. The van der Waals surface area contributed by atoms with Gasteiger partial charge in [-0.3, -0.25) is 9.88 Å². The van der Waals surface area contributed by atoms with Crippen LogP contribution in [0.3, 0.4) is 0 Å². The van der Waals surface area contributed by atoms with E-state index in [4.69, 9.17) is 4.74 Å². The molecule has 6 nitrogen and oxygen atoms in total. The number of alkyl halides is 2. The fourth-order valence-electron chi connectivity index (χ4n) is 2.90. The number of carbonyl (C=O) groups is 1. The van der Waals surface area contributed by atoms with Crippen LogP contribution >= 0.6 is 0 Å². The van der Waals surface area contributed by atoms with Crippen molar-refractivity contribution in [2.24, 2.45) is 0 Å². The molecule has 1 aliphatic heterocycles. The molecule has 2 N–H and O–H groups in total. The first kappa shape index (κ1) is 19.1. The summed E-state index contributed by atoms with van der Waals surface area (Å²) >= 11 is 0. The molecule has 1 amide bonds. The molecule has 1 saturated heterocycles. The van der Waals surface area contributed by atoms with Crippen LogP contribution in [0.5, 0.6) is 0 Å². The van der Waals surface area contributed by atoms with E-state index >= 15 is 0 Å². The van der Waals surface area contributed by atoms with E-state index in [1.54, 1.807) is 0 Å². The number of hydrogen-bond acceptors (Lipinski definition) is 5. The van der Waals surface area contributed by atoms with Gasteiger partial charge in [-0.1, -0.05) is 6.07 Å². The second-order valence-corrected chi connectivity index (χ2v) is 6.15. The van der Waals surface area contributed by atoms with Gasteiger partial charge in [0.2, 0.25) is 0 Å². The Morgan fingerprint density at radius 3 is 2.67 bits per heavy atom. The molecule has 0 spiro atoms. The van der Waals surface area contributed by atoms with E-state index in [2.05, 4.69) is 4.98 Å². The van der Waals surface area contributed by atoms with Crippen molar-refractivity contribution in [3.8, 4) is 11.1 Å². The number of amides is 1. The lowest BCUT2D eigenvalue weighted by Crippen LogP contribution is -2.53. The lowest BCUT2D eigenvalue weighted by atomic mass is 10.00. The average molecular weight is 382 g/mol. The monoisotopic (exact) mass is 382 g/mol. The largest absolute Gasteiger partial charge is 0.449 e. The Morgan fingerprint density at radius 2 is 2.00 bits per heavy atom. The fourth-order valence-corrected chi connectivity index (χ4v) is 2.90. The standard InChI is InChI=1S/C18H17F3N2O4/c1-10-14(18(25,26)23-5-2-6-27-17(23)24)8-12(9-22-10)11-3-4-15(19)13(7-11)16(20)21/h3-4,7-9,16,25-26H,2,5-6H2,1H3. The Balaban J connectivity index is 2.04. The van der Waals surface area contributed by atoms with E-state index in [-0.39, 0.29) is 35.5 Å². The van der Waals surface area contributed by atoms with Gasteiger partial charge < -0.3 is 14.9 Å². The van der Waals surface area contributed by atoms with Gasteiger partial charge in [-0.15, -0.1) is 0 Å². The molecule has 2 aromatic rings. The maximum atomic E-state index is 13.5. The molecule has 0 radical (unpaired) electrons. The van der Waals surface area contributed by atoms with E-state index in [0.29, 0.717) is 6.42 Å². The van der Waals surface area contributed by atoms with E-state index in [9.17, 15) is 28.2 Å². The van der Waals surface area contributed by atoms with Crippen molar-refractivity contribution in [2.75, 3.05) is 13.2 Å². The number of aliphatic hydroxyl groups is 2. The Hall–Kier alpha value is -2.65. The Kier molecular flexibility index (Phi) is 5.07. The minimum Gasteiger partial charge on any atom is -0.449 e. The summed E-state index contributed by atoms with van der Waals surface area (Å²) in [6, 6.07) is 4.47. The Bertz CT molecular complexity index is 874. The highest BCUT2D eigenvalue weighted by molar-refractivity contribution is 5.70. The number of carbonyl (C=O) groups excluding carboxylic acids is 1. The van der Waals surface area contributed by atoms with Gasteiger partial charge in [0.05, 0.1) is 17.7 Å². The van der Waals surface area contributed by atoms with Crippen LogP contribution in [0.2, 0.25) is 0 Å². The first-order valence-corrected chi connectivity index (χ1v) is 8.16. The predicted molar refractivity (Wildman–Crippen MR) is 88.1 cm³/mol. The van der Waals surface area contributed by atoms with Crippen LogP contribution in [0.25, 0.3) is 11.1 Å². The highest BCUT2D eigenvalue weighted by Crippen LogP contribution is 2.32. The van der Waals surface area contributed by atoms with Crippen molar-refractivity contribution in [1.29, 1.82) is 0 Å². The summed E-state index contributed by atoms with van der Waals surface area (Å²) in [6.07, 6.45) is -2.14. The third-order valence-corrected chi connectivity index (χ3v) is 4.36.